The molecule has 4 aliphatic rings. The molecule has 0 bridgehead atoms. The van der Waals surface area contributed by atoms with Crippen LogP contribution in [0.1, 0.15) is 111 Å². The molecule has 2 nitrogen and oxygen atoms in total. The molecule has 5 rings (SSSR count). The molecule has 0 amide bonds. The number of hydrogen-bond acceptors (Lipinski definition) is 2. The Hall–Kier alpha value is -0.840. The smallest absolute Gasteiger partial charge is 0.319 e. The second kappa shape index (κ2) is 12.2. The van der Waals surface area contributed by atoms with Crippen LogP contribution in [0.2, 0.25) is 0 Å². The molecule has 39 heavy (non-hydrogen) atoms. The van der Waals surface area contributed by atoms with Gasteiger partial charge in [0.2, 0.25) is 0 Å². The fraction of sp³-hybridized carbons (Fsp3) is 0.750. The van der Waals surface area contributed by atoms with Gasteiger partial charge in [-0.25, -0.2) is 0 Å². The Balaban J connectivity index is 1.21. The minimum absolute atomic E-state index is 0.0321. The molecule has 0 heterocycles. The predicted molar refractivity (Wildman–Crippen MR) is 171 cm³/mol. The van der Waals surface area contributed by atoms with E-state index < -0.39 is 0 Å². The van der Waals surface area contributed by atoms with Gasteiger partial charge in [-0.05, 0) is 103 Å². The van der Waals surface area contributed by atoms with E-state index in [4.69, 9.17) is 4.74 Å². The molecule has 216 valence electrons. The highest BCUT2D eigenvalue weighted by Gasteiger charge is 2.59. The van der Waals surface area contributed by atoms with E-state index in [-0.39, 0.29) is 16.0 Å². The van der Waals surface area contributed by atoms with Crippen molar-refractivity contribution in [2.45, 2.75) is 122 Å². The Morgan fingerprint density at radius 3 is 2.51 bits per heavy atom. The summed E-state index contributed by atoms with van der Waals surface area (Å²) in [6.07, 6.45) is 17.8. The lowest BCUT2D eigenvalue weighted by Gasteiger charge is -2.58. The van der Waals surface area contributed by atoms with Crippen LogP contribution >= 0.6 is 22.6 Å². The van der Waals surface area contributed by atoms with E-state index >= 15 is 0 Å². The first kappa shape index (κ1) is 29.6. The molecule has 0 spiro atoms. The third-order valence-corrected chi connectivity index (χ3v) is 13.0. The molecule has 1 aromatic rings. The number of carbonyl (C=O) groups is 1. The molecule has 0 aliphatic heterocycles. The third-order valence-electron chi connectivity index (χ3n) is 12.1. The van der Waals surface area contributed by atoms with Crippen LogP contribution in [0.4, 0.5) is 0 Å². The monoisotopic (exact) mass is 644 g/mol. The van der Waals surface area contributed by atoms with Crippen molar-refractivity contribution >= 4 is 28.6 Å². The average molecular weight is 645 g/mol. The van der Waals surface area contributed by atoms with Crippen LogP contribution in [-0.2, 0) is 16.0 Å². The van der Waals surface area contributed by atoms with Crippen LogP contribution in [0.3, 0.4) is 0 Å². The molecule has 3 fully saturated rings. The summed E-state index contributed by atoms with van der Waals surface area (Å²) in [6, 6.07) is 10.3. The number of allylic oxidation sites excluding steroid dienone is 1. The molecule has 0 radical (unpaired) electrons. The van der Waals surface area contributed by atoms with Crippen molar-refractivity contribution in [2.24, 2.45) is 46.3 Å². The summed E-state index contributed by atoms with van der Waals surface area (Å²) in [7, 11) is 0. The topological polar surface area (TPSA) is 26.3 Å². The van der Waals surface area contributed by atoms with Gasteiger partial charge < -0.3 is 4.74 Å². The molecule has 0 N–H and O–H groups in total. The van der Waals surface area contributed by atoms with Crippen molar-refractivity contribution in [3.8, 4) is 0 Å². The SMILES string of the molecule is CC(C)CCC[C@H](C)[C@H]1CC[C@H]2[C@@H]3CC=C4C[C@H](OC(=O)[C@H](I)Cc5ccccc5)CC[C@]4(C)[C@H]3CC[C@]12C. The summed E-state index contributed by atoms with van der Waals surface area (Å²) >= 11 is 2.27. The Morgan fingerprint density at radius 2 is 1.77 bits per heavy atom. The summed E-state index contributed by atoms with van der Waals surface area (Å²) in [5.74, 6) is 5.16. The third kappa shape index (κ3) is 6.05. The van der Waals surface area contributed by atoms with Crippen LogP contribution in [0.15, 0.2) is 42.0 Å². The normalized spacial score (nSPS) is 37.3. The van der Waals surface area contributed by atoms with Gasteiger partial charge in [-0.1, -0.05) is 118 Å². The van der Waals surface area contributed by atoms with E-state index in [9.17, 15) is 4.79 Å². The summed E-state index contributed by atoms with van der Waals surface area (Å²) in [6.45, 7) is 12.6. The van der Waals surface area contributed by atoms with E-state index in [2.05, 4.69) is 75.4 Å². The first-order valence-electron chi connectivity index (χ1n) is 16.2. The highest BCUT2D eigenvalue weighted by atomic mass is 127. The quantitative estimate of drug-likeness (QED) is 0.116. The van der Waals surface area contributed by atoms with Gasteiger partial charge in [0, 0.05) is 6.42 Å². The Morgan fingerprint density at radius 1 is 1.00 bits per heavy atom. The van der Waals surface area contributed by atoms with Gasteiger partial charge in [-0.3, -0.25) is 4.79 Å². The number of halogens is 1. The Labute approximate surface area is 252 Å². The number of benzene rings is 1. The standard InChI is InChI=1S/C36H53IO2/c1-24(2)10-9-11-25(3)30-16-17-31-29-15-14-27-23-28(18-20-35(27,4)32(29)19-21-36(30,31)5)39-34(38)33(37)22-26-12-7-6-8-13-26/h6-8,12-14,24-25,28-33H,9-11,15-23H2,1-5H3/t25-,28+,29-,30+,31-,32-,33+,35-,36+/m0/s1. The highest BCUT2D eigenvalue weighted by Crippen LogP contribution is 2.67. The molecule has 0 aromatic heterocycles. The Bertz CT molecular complexity index is 1020. The van der Waals surface area contributed by atoms with Crippen molar-refractivity contribution in [3.05, 3.63) is 47.5 Å². The molecule has 0 saturated heterocycles. The van der Waals surface area contributed by atoms with Gasteiger partial charge in [0.25, 0.3) is 0 Å². The lowest BCUT2D eigenvalue weighted by molar-refractivity contribution is -0.150. The van der Waals surface area contributed by atoms with Crippen molar-refractivity contribution < 1.29 is 9.53 Å². The summed E-state index contributed by atoms with van der Waals surface area (Å²) in [5, 5.41) is 0. The van der Waals surface area contributed by atoms with Crippen molar-refractivity contribution in [1.29, 1.82) is 0 Å². The number of esters is 1. The molecule has 1 aromatic carbocycles. The minimum atomic E-state index is -0.123. The number of carbonyl (C=O) groups excluding carboxylic acids is 1. The first-order chi connectivity index (χ1) is 18.6. The van der Waals surface area contributed by atoms with Crippen molar-refractivity contribution in [2.75, 3.05) is 0 Å². The maximum absolute atomic E-state index is 13.0. The van der Waals surface area contributed by atoms with Crippen LogP contribution in [0.25, 0.3) is 0 Å². The van der Waals surface area contributed by atoms with E-state index in [0.717, 1.165) is 54.8 Å². The molecule has 3 saturated carbocycles. The Kier molecular flexibility index (Phi) is 9.26. The largest absolute Gasteiger partial charge is 0.461 e. The van der Waals surface area contributed by atoms with Gasteiger partial charge in [0.15, 0.2) is 0 Å². The number of fused-ring (bicyclic) bond motifs is 5. The summed E-state index contributed by atoms with van der Waals surface area (Å²) in [4.78, 5) is 13.0. The summed E-state index contributed by atoms with van der Waals surface area (Å²) < 4.78 is 6.02. The second-order valence-electron chi connectivity index (χ2n) is 14.7. The molecule has 3 heteroatoms. The maximum atomic E-state index is 13.0. The van der Waals surface area contributed by atoms with Gasteiger partial charge in [-0.2, -0.15) is 0 Å². The van der Waals surface area contributed by atoms with Crippen molar-refractivity contribution in [3.63, 3.8) is 0 Å². The van der Waals surface area contributed by atoms with E-state index in [1.165, 1.54) is 63.4 Å². The molecule has 9 atom stereocenters. The van der Waals surface area contributed by atoms with Gasteiger partial charge in [0.1, 0.15) is 10.0 Å². The minimum Gasteiger partial charge on any atom is -0.461 e. The number of rotatable bonds is 9. The van der Waals surface area contributed by atoms with E-state index in [0.29, 0.717) is 10.8 Å². The van der Waals surface area contributed by atoms with Crippen LogP contribution in [0.5, 0.6) is 0 Å². The first-order valence-corrected chi connectivity index (χ1v) is 17.4. The predicted octanol–water partition coefficient (Wildman–Crippen LogP) is 9.99. The maximum Gasteiger partial charge on any atom is 0.319 e. The van der Waals surface area contributed by atoms with E-state index in [1.807, 2.05) is 18.2 Å². The summed E-state index contributed by atoms with van der Waals surface area (Å²) in [5.41, 5.74) is 3.67. The molecule has 0 unspecified atom stereocenters. The van der Waals surface area contributed by atoms with Crippen LogP contribution in [-0.4, -0.2) is 16.0 Å². The highest BCUT2D eigenvalue weighted by molar-refractivity contribution is 14.1. The van der Waals surface area contributed by atoms with Gasteiger partial charge in [-0.15, -0.1) is 0 Å². The number of hydrogen-bond donors (Lipinski definition) is 0. The second-order valence-corrected chi connectivity index (χ2v) is 16.3. The van der Waals surface area contributed by atoms with Crippen LogP contribution < -0.4 is 0 Å². The van der Waals surface area contributed by atoms with E-state index in [1.54, 1.807) is 5.57 Å². The van der Waals surface area contributed by atoms with Crippen molar-refractivity contribution in [1.82, 2.24) is 0 Å². The number of ether oxygens (including phenoxy) is 1. The fourth-order valence-corrected chi connectivity index (χ4v) is 10.6. The zero-order valence-electron chi connectivity index (χ0n) is 25.3. The van der Waals surface area contributed by atoms with Gasteiger partial charge >= 0.3 is 5.97 Å². The lowest BCUT2D eigenvalue weighted by atomic mass is 9.47. The molecular formula is C36H53IO2. The fourth-order valence-electron chi connectivity index (χ4n) is 9.90. The molecule has 4 aliphatic carbocycles. The molecular weight excluding hydrogens is 591 g/mol. The average Bonchev–Trinajstić information content (AvgIpc) is 3.26. The zero-order chi connectivity index (χ0) is 27.8. The van der Waals surface area contributed by atoms with Crippen LogP contribution in [0, 0.1) is 46.3 Å². The lowest BCUT2D eigenvalue weighted by Crippen LogP contribution is -2.51. The number of alkyl halides is 1. The zero-order valence-corrected chi connectivity index (χ0v) is 27.4. The van der Waals surface area contributed by atoms with Gasteiger partial charge in [0.05, 0.1) is 0 Å².